The molecule has 0 aliphatic carbocycles. The maximum atomic E-state index is 15.8. The van der Waals surface area contributed by atoms with E-state index in [0.717, 1.165) is 139 Å². The van der Waals surface area contributed by atoms with Crippen molar-refractivity contribution in [3.8, 4) is 118 Å². The molecule has 16 aromatic rings. The van der Waals surface area contributed by atoms with Crippen molar-refractivity contribution in [1.82, 2.24) is 29.1 Å². The first-order valence-electron chi connectivity index (χ1n) is 30.5. The summed E-state index contributed by atoms with van der Waals surface area (Å²) >= 11 is 0. The van der Waals surface area contributed by atoms with Crippen LogP contribution in [0.3, 0.4) is 0 Å². The first-order chi connectivity index (χ1) is 46.1. The lowest BCUT2D eigenvalue weighted by molar-refractivity contribution is -0.137. The molecule has 11 heteroatoms. The third kappa shape index (κ3) is 10.1. The van der Waals surface area contributed by atoms with E-state index in [2.05, 4.69) is 117 Å². The summed E-state index contributed by atoms with van der Waals surface area (Å²) < 4.78 is 51.7. The van der Waals surface area contributed by atoms with Crippen LogP contribution in [0.2, 0.25) is 0 Å². The van der Waals surface area contributed by atoms with E-state index in [1.807, 2.05) is 158 Å². The van der Waals surface area contributed by atoms with E-state index in [1.54, 1.807) is 24.5 Å². The number of rotatable bonds is 11. The van der Waals surface area contributed by atoms with Gasteiger partial charge in [-0.25, -0.2) is 4.85 Å². The molecule has 0 aliphatic heterocycles. The molecule has 6 aromatic heterocycles. The van der Waals surface area contributed by atoms with Crippen LogP contribution in [-0.2, 0) is 6.18 Å². The highest BCUT2D eigenvalue weighted by Crippen LogP contribution is 2.48. The van der Waals surface area contributed by atoms with Crippen LogP contribution in [0.1, 0.15) is 11.1 Å². The molecular formula is C83H49F3N8. The van der Waals surface area contributed by atoms with Crippen molar-refractivity contribution >= 4 is 49.3 Å². The molecule has 0 N–H and O–H groups in total. The van der Waals surface area contributed by atoms with Crippen molar-refractivity contribution in [1.29, 1.82) is 5.26 Å². The van der Waals surface area contributed by atoms with E-state index in [1.165, 1.54) is 12.1 Å². The molecule has 0 bridgehead atoms. The summed E-state index contributed by atoms with van der Waals surface area (Å²) in [4.78, 5) is 22.9. The average Bonchev–Trinajstić information content (AvgIpc) is 1.52. The van der Waals surface area contributed by atoms with Crippen molar-refractivity contribution in [3.05, 3.63) is 320 Å². The molecule has 0 radical (unpaired) electrons. The maximum Gasteiger partial charge on any atom is 0.415 e. The van der Waals surface area contributed by atoms with E-state index >= 15 is 13.2 Å². The smallest absolute Gasteiger partial charge is 0.307 e. The second kappa shape index (κ2) is 23.2. The zero-order valence-corrected chi connectivity index (χ0v) is 50.0. The Labute approximate surface area is 538 Å². The largest absolute Gasteiger partial charge is 0.415 e. The zero-order valence-electron chi connectivity index (χ0n) is 50.0. The summed E-state index contributed by atoms with van der Waals surface area (Å²) in [5.41, 5.74) is 16.1. The van der Waals surface area contributed by atoms with Crippen LogP contribution in [0.5, 0.6) is 0 Å². The fourth-order valence-corrected chi connectivity index (χ4v) is 13.2. The Morgan fingerprint density at radius 2 is 0.660 bits per heavy atom. The first-order valence-corrected chi connectivity index (χ1v) is 30.5. The van der Waals surface area contributed by atoms with Gasteiger partial charge in [0.1, 0.15) is 0 Å². The van der Waals surface area contributed by atoms with E-state index < -0.39 is 17.3 Å². The SMILES string of the molecule is [C-]#[N+]c1cccc(C(F)(F)F)c1-c1cc(-n2c3cc(-c4ccnc(-c5ccccc5)c4)ccc3c3ccc(-c4ccnc(-c5ccccc5)c4)cc32)c(-n2c3cc(-c4ccnc(-c5ccccc5)c4)ccc3c3ccc(-c4ccnc(-c5ccccc5)c4)cc32)cc1C#N. The van der Waals surface area contributed by atoms with Crippen LogP contribution in [0, 0.1) is 17.9 Å². The number of pyridine rings is 4. The van der Waals surface area contributed by atoms with Crippen LogP contribution in [-0.4, -0.2) is 29.1 Å². The quantitative estimate of drug-likeness (QED) is 0.120. The number of benzene rings is 10. The van der Waals surface area contributed by atoms with Gasteiger partial charge in [-0.3, -0.25) is 19.9 Å². The molecule has 0 amide bonds. The Hall–Kier alpha value is -12.8. The van der Waals surface area contributed by atoms with Crippen molar-refractivity contribution in [2.24, 2.45) is 0 Å². The highest BCUT2D eigenvalue weighted by atomic mass is 19.4. The fraction of sp³-hybridized carbons (Fsp3) is 0.0120. The minimum atomic E-state index is -4.91. The number of nitriles is 1. The summed E-state index contributed by atoms with van der Waals surface area (Å²) in [6, 6.07) is 90.9. The molecular weight excluding hydrogens is 1170 g/mol. The lowest BCUT2D eigenvalue weighted by Gasteiger charge is -2.22. The molecule has 0 saturated heterocycles. The van der Waals surface area contributed by atoms with E-state index in [9.17, 15) is 5.26 Å². The molecule has 442 valence electrons. The molecule has 0 aliphatic rings. The summed E-state index contributed by atoms with van der Waals surface area (Å²) in [7, 11) is 0. The molecule has 6 heterocycles. The van der Waals surface area contributed by atoms with Gasteiger partial charge >= 0.3 is 6.18 Å². The second-order valence-corrected chi connectivity index (χ2v) is 23.1. The van der Waals surface area contributed by atoms with Gasteiger partial charge in [-0.2, -0.15) is 18.4 Å². The minimum Gasteiger partial charge on any atom is -0.307 e. The van der Waals surface area contributed by atoms with Crippen LogP contribution >= 0.6 is 0 Å². The van der Waals surface area contributed by atoms with Gasteiger partial charge in [0.25, 0.3) is 0 Å². The van der Waals surface area contributed by atoms with Gasteiger partial charge in [0, 0.05) is 74.1 Å². The van der Waals surface area contributed by atoms with E-state index in [-0.39, 0.29) is 16.8 Å². The highest BCUT2D eigenvalue weighted by Gasteiger charge is 2.36. The molecule has 8 nitrogen and oxygen atoms in total. The maximum absolute atomic E-state index is 15.8. The van der Waals surface area contributed by atoms with Crippen molar-refractivity contribution in [2.75, 3.05) is 0 Å². The average molecular weight is 1220 g/mol. The van der Waals surface area contributed by atoms with Gasteiger partial charge in [0.05, 0.1) is 80.0 Å². The van der Waals surface area contributed by atoms with Crippen LogP contribution in [0.15, 0.2) is 298 Å². The second-order valence-electron chi connectivity index (χ2n) is 23.1. The van der Waals surface area contributed by atoms with Crippen molar-refractivity contribution in [2.45, 2.75) is 6.18 Å². The number of halogens is 3. The monoisotopic (exact) mass is 1210 g/mol. The summed E-state index contributed by atoms with van der Waals surface area (Å²) in [5, 5.41) is 15.2. The van der Waals surface area contributed by atoms with Gasteiger partial charge in [0.2, 0.25) is 0 Å². The number of hydrogen-bond donors (Lipinski definition) is 0. The van der Waals surface area contributed by atoms with E-state index in [0.29, 0.717) is 11.4 Å². The number of fused-ring (bicyclic) bond motifs is 6. The Morgan fingerprint density at radius 3 is 0.968 bits per heavy atom. The molecule has 16 rings (SSSR count). The first kappa shape index (κ1) is 56.4. The predicted molar refractivity (Wildman–Crippen MR) is 371 cm³/mol. The lowest BCUT2D eigenvalue weighted by Crippen LogP contribution is -2.09. The number of hydrogen-bond acceptors (Lipinski definition) is 5. The van der Waals surface area contributed by atoms with Gasteiger partial charge in [-0.05, 0) is 135 Å². The Morgan fingerprint density at radius 1 is 0.340 bits per heavy atom. The van der Waals surface area contributed by atoms with Gasteiger partial charge in [-0.1, -0.05) is 188 Å². The van der Waals surface area contributed by atoms with Crippen molar-refractivity contribution < 1.29 is 13.2 Å². The molecule has 10 aromatic carbocycles. The molecule has 0 spiro atoms. The lowest BCUT2D eigenvalue weighted by atomic mass is 9.92. The summed E-state index contributed by atoms with van der Waals surface area (Å²) in [5.74, 6) is 0. The third-order valence-corrected chi connectivity index (χ3v) is 17.6. The normalized spacial score (nSPS) is 11.5. The van der Waals surface area contributed by atoms with Gasteiger partial charge in [-0.15, -0.1) is 0 Å². The van der Waals surface area contributed by atoms with Gasteiger partial charge < -0.3 is 9.13 Å². The Kier molecular flexibility index (Phi) is 13.9. The van der Waals surface area contributed by atoms with Crippen molar-refractivity contribution in [3.63, 3.8) is 0 Å². The molecule has 94 heavy (non-hydrogen) atoms. The third-order valence-electron chi connectivity index (χ3n) is 17.6. The van der Waals surface area contributed by atoms with E-state index in [4.69, 9.17) is 26.5 Å². The Balaban J connectivity index is 1.04. The minimum absolute atomic E-state index is 0.0524. The number of alkyl halides is 3. The zero-order chi connectivity index (χ0) is 63.4. The fourth-order valence-electron chi connectivity index (χ4n) is 13.2. The highest BCUT2D eigenvalue weighted by molar-refractivity contribution is 6.14. The number of aromatic nitrogens is 6. The van der Waals surface area contributed by atoms with Crippen LogP contribution in [0.4, 0.5) is 18.9 Å². The summed E-state index contributed by atoms with van der Waals surface area (Å²) in [6.45, 7) is 8.41. The molecule has 0 saturated carbocycles. The summed E-state index contributed by atoms with van der Waals surface area (Å²) in [6.07, 6.45) is 2.30. The standard InChI is InChI=1S/C83H49F3N8/c1-88-71-24-14-23-70(83(84,85)86)82(71)69-50-81(94-78-47-58(62-35-39-91-74(43-62)54-19-10-4-11-20-54)27-31-67(78)68-32-28-59(48-79(68)94)63-36-40-92-75(44-63)55-21-12-5-13-22-55)80(49-64(69)51-87)93-76-45-56(60-33-37-89-72(41-60)52-15-6-2-7-16-52)25-29-65(76)66-30-26-57(46-77(66)93)61-34-38-90-73(42-61)53-17-8-3-9-18-53/h2-50H. The molecule has 0 atom stereocenters. The van der Waals surface area contributed by atoms with Crippen LogP contribution in [0.25, 0.3) is 160 Å². The Bertz CT molecular complexity index is 5470. The van der Waals surface area contributed by atoms with Gasteiger partial charge in [0.15, 0.2) is 5.69 Å². The molecule has 0 unspecified atom stereocenters. The molecule has 0 fully saturated rings. The topological polar surface area (TPSA) is 89.6 Å². The van der Waals surface area contributed by atoms with Crippen LogP contribution < -0.4 is 0 Å². The number of nitrogens with zero attached hydrogens (tertiary/aromatic N) is 8. The predicted octanol–water partition coefficient (Wildman–Crippen LogP) is 21.9.